The van der Waals surface area contributed by atoms with E-state index in [2.05, 4.69) is 21.1 Å². The van der Waals surface area contributed by atoms with Crippen LogP contribution in [0, 0.1) is 12.3 Å². The molecule has 2 rings (SSSR count). The summed E-state index contributed by atoms with van der Waals surface area (Å²) in [6, 6.07) is 7.47. The molecule has 0 atom stereocenters. The largest absolute Gasteiger partial charge is 0.258 e. The summed E-state index contributed by atoms with van der Waals surface area (Å²) >= 11 is 7.45. The molecule has 3 nitrogen and oxygen atoms in total. The van der Waals surface area contributed by atoms with Gasteiger partial charge < -0.3 is 0 Å². The number of nitrogens with one attached hydrogen (secondary N) is 1. The standard InChI is InChI=1S/C11H8ClN3S/c1-2-7-16-11-13-10(14-15-11)8-5-3-4-6-9(8)12/h1,3-6H,7H2,(H,13,14,15). The van der Waals surface area contributed by atoms with Crippen molar-refractivity contribution in [1.29, 1.82) is 0 Å². The molecule has 0 unspecified atom stereocenters. The first kappa shape index (κ1) is 11.1. The van der Waals surface area contributed by atoms with Crippen molar-refractivity contribution in [3.05, 3.63) is 29.3 Å². The van der Waals surface area contributed by atoms with E-state index in [4.69, 9.17) is 18.0 Å². The summed E-state index contributed by atoms with van der Waals surface area (Å²) in [5, 5.41) is 8.16. The van der Waals surface area contributed by atoms with E-state index in [1.165, 1.54) is 11.8 Å². The number of rotatable bonds is 3. The predicted molar refractivity (Wildman–Crippen MR) is 66.4 cm³/mol. The number of halogens is 1. The molecule has 0 radical (unpaired) electrons. The number of hydrogen-bond acceptors (Lipinski definition) is 3. The maximum Gasteiger partial charge on any atom is 0.209 e. The molecule has 0 saturated heterocycles. The maximum atomic E-state index is 6.05. The third-order valence-corrected chi connectivity index (χ3v) is 2.96. The maximum absolute atomic E-state index is 6.05. The third-order valence-electron chi connectivity index (χ3n) is 1.88. The van der Waals surface area contributed by atoms with Gasteiger partial charge in [0.15, 0.2) is 5.82 Å². The first-order chi connectivity index (χ1) is 7.81. The average Bonchev–Trinajstić information content (AvgIpc) is 2.75. The molecule has 0 fully saturated rings. The minimum absolute atomic E-state index is 0.555. The highest BCUT2D eigenvalue weighted by Crippen LogP contribution is 2.25. The average molecular weight is 250 g/mol. The summed E-state index contributed by atoms with van der Waals surface area (Å²) in [4.78, 5) is 4.30. The van der Waals surface area contributed by atoms with Crippen molar-refractivity contribution in [3.8, 4) is 23.7 Å². The number of nitrogens with zero attached hydrogens (tertiary/aromatic N) is 2. The molecule has 0 bridgehead atoms. The fraction of sp³-hybridized carbons (Fsp3) is 0.0909. The molecule has 0 saturated carbocycles. The topological polar surface area (TPSA) is 41.6 Å². The van der Waals surface area contributed by atoms with E-state index in [0.717, 1.165) is 5.56 Å². The van der Waals surface area contributed by atoms with Crippen molar-refractivity contribution >= 4 is 23.4 Å². The molecular formula is C11H8ClN3S. The molecule has 0 aliphatic rings. The lowest BCUT2D eigenvalue weighted by Gasteiger charge is -1.97. The SMILES string of the molecule is C#CCSc1n[nH]c(-c2ccccc2Cl)n1. The van der Waals surface area contributed by atoms with E-state index in [9.17, 15) is 0 Å². The Morgan fingerprint density at radius 3 is 3.00 bits per heavy atom. The number of terminal acetylenes is 1. The van der Waals surface area contributed by atoms with E-state index in [1.54, 1.807) is 0 Å². The lowest BCUT2D eigenvalue weighted by Crippen LogP contribution is -1.81. The van der Waals surface area contributed by atoms with Crippen LogP contribution in [0.25, 0.3) is 11.4 Å². The van der Waals surface area contributed by atoms with Gasteiger partial charge in [-0.1, -0.05) is 41.4 Å². The molecular weight excluding hydrogens is 242 g/mol. The van der Waals surface area contributed by atoms with Crippen LogP contribution in [0.2, 0.25) is 5.02 Å². The van der Waals surface area contributed by atoms with Gasteiger partial charge in [-0.05, 0) is 12.1 Å². The Morgan fingerprint density at radius 1 is 1.44 bits per heavy atom. The van der Waals surface area contributed by atoms with E-state index in [0.29, 0.717) is 21.8 Å². The van der Waals surface area contributed by atoms with Gasteiger partial charge in [0.2, 0.25) is 5.16 Å². The third kappa shape index (κ3) is 2.38. The molecule has 1 N–H and O–H groups in total. The van der Waals surface area contributed by atoms with Crippen LogP contribution in [0.15, 0.2) is 29.4 Å². The smallest absolute Gasteiger partial charge is 0.209 e. The van der Waals surface area contributed by atoms with Crippen LogP contribution in [-0.4, -0.2) is 20.9 Å². The molecule has 5 heteroatoms. The van der Waals surface area contributed by atoms with E-state index >= 15 is 0 Å². The zero-order valence-electron chi connectivity index (χ0n) is 8.27. The second kappa shape index (κ2) is 5.06. The van der Waals surface area contributed by atoms with Crippen LogP contribution >= 0.6 is 23.4 Å². The van der Waals surface area contributed by atoms with Gasteiger partial charge in [-0.3, -0.25) is 5.10 Å². The summed E-state index contributed by atoms with van der Waals surface area (Å²) in [5.41, 5.74) is 0.837. The van der Waals surface area contributed by atoms with Gasteiger partial charge in [-0.25, -0.2) is 4.98 Å². The Kier molecular flexibility index (Phi) is 3.50. The van der Waals surface area contributed by atoms with Crippen LogP contribution in [0.3, 0.4) is 0 Å². The van der Waals surface area contributed by atoms with Crippen molar-refractivity contribution in [3.63, 3.8) is 0 Å². The molecule has 0 amide bonds. The van der Waals surface area contributed by atoms with Gasteiger partial charge in [0.1, 0.15) is 0 Å². The van der Waals surface area contributed by atoms with Crippen molar-refractivity contribution < 1.29 is 0 Å². The Bertz CT molecular complexity index is 530. The minimum atomic E-state index is 0.555. The summed E-state index contributed by atoms with van der Waals surface area (Å²) in [6.45, 7) is 0. The van der Waals surface area contributed by atoms with E-state index < -0.39 is 0 Å². The van der Waals surface area contributed by atoms with Crippen LogP contribution in [-0.2, 0) is 0 Å². The Morgan fingerprint density at radius 2 is 2.25 bits per heavy atom. The van der Waals surface area contributed by atoms with Crippen LogP contribution < -0.4 is 0 Å². The molecule has 0 spiro atoms. The fourth-order valence-corrected chi connectivity index (χ4v) is 1.89. The molecule has 0 aliphatic carbocycles. The molecule has 16 heavy (non-hydrogen) atoms. The van der Waals surface area contributed by atoms with Gasteiger partial charge in [-0.2, -0.15) is 0 Å². The number of H-pyrrole nitrogens is 1. The highest BCUT2D eigenvalue weighted by molar-refractivity contribution is 7.99. The number of thioether (sulfide) groups is 1. The highest BCUT2D eigenvalue weighted by Gasteiger charge is 2.08. The van der Waals surface area contributed by atoms with Gasteiger partial charge in [-0.15, -0.1) is 11.5 Å². The molecule has 1 aromatic heterocycles. The summed E-state index contributed by atoms with van der Waals surface area (Å²) < 4.78 is 0. The number of hydrogen-bond donors (Lipinski definition) is 1. The number of aromatic nitrogens is 3. The predicted octanol–water partition coefficient (Wildman–Crippen LogP) is 2.85. The molecule has 2 aromatic rings. The van der Waals surface area contributed by atoms with Crippen molar-refractivity contribution in [2.75, 3.05) is 5.75 Å². The van der Waals surface area contributed by atoms with Gasteiger partial charge in [0, 0.05) is 5.56 Å². The molecule has 1 heterocycles. The van der Waals surface area contributed by atoms with Gasteiger partial charge in [0.25, 0.3) is 0 Å². The zero-order chi connectivity index (χ0) is 11.4. The van der Waals surface area contributed by atoms with Crippen molar-refractivity contribution in [2.45, 2.75) is 5.16 Å². The Labute approximate surface area is 103 Å². The van der Waals surface area contributed by atoms with Crippen LogP contribution in [0.4, 0.5) is 0 Å². The summed E-state index contributed by atoms with van der Waals surface area (Å²) in [7, 11) is 0. The Hall–Kier alpha value is -1.44. The fourth-order valence-electron chi connectivity index (χ4n) is 1.19. The highest BCUT2D eigenvalue weighted by atomic mass is 35.5. The monoisotopic (exact) mass is 249 g/mol. The summed E-state index contributed by atoms with van der Waals surface area (Å²) in [6.07, 6.45) is 5.16. The van der Waals surface area contributed by atoms with Crippen LogP contribution in [0.5, 0.6) is 0 Å². The molecule has 0 aliphatic heterocycles. The van der Waals surface area contributed by atoms with Crippen molar-refractivity contribution in [1.82, 2.24) is 15.2 Å². The summed E-state index contributed by atoms with van der Waals surface area (Å²) in [5.74, 6) is 3.73. The number of benzene rings is 1. The lowest BCUT2D eigenvalue weighted by molar-refractivity contribution is 0.975. The minimum Gasteiger partial charge on any atom is -0.258 e. The Balaban J connectivity index is 2.26. The van der Waals surface area contributed by atoms with E-state index in [-0.39, 0.29) is 0 Å². The molecule has 1 aromatic carbocycles. The van der Waals surface area contributed by atoms with Crippen molar-refractivity contribution in [2.24, 2.45) is 0 Å². The van der Waals surface area contributed by atoms with Crippen LogP contribution in [0.1, 0.15) is 0 Å². The normalized spacial score (nSPS) is 10.0. The first-order valence-electron chi connectivity index (χ1n) is 4.55. The van der Waals surface area contributed by atoms with Gasteiger partial charge in [0.05, 0.1) is 10.8 Å². The zero-order valence-corrected chi connectivity index (χ0v) is 9.85. The first-order valence-corrected chi connectivity index (χ1v) is 5.91. The quantitative estimate of drug-likeness (QED) is 0.672. The number of aromatic amines is 1. The second-order valence-electron chi connectivity index (χ2n) is 2.94. The molecule has 80 valence electrons. The second-order valence-corrected chi connectivity index (χ2v) is 4.29. The van der Waals surface area contributed by atoms with E-state index in [1.807, 2.05) is 24.3 Å². The lowest BCUT2D eigenvalue weighted by atomic mass is 10.2. The van der Waals surface area contributed by atoms with Gasteiger partial charge >= 0.3 is 0 Å².